The van der Waals surface area contributed by atoms with Gasteiger partial charge in [-0.15, -0.1) is 0 Å². The highest BCUT2D eigenvalue weighted by Crippen LogP contribution is 2.14. The number of hydrogen-bond acceptors (Lipinski definition) is 4. The summed E-state index contributed by atoms with van der Waals surface area (Å²) in [6.07, 6.45) is 1.39. The Morgan fingerprint density at radius 1 is 1.35 bits per heavy atom. The van der Waals surface area contributed by atoms with Gasteiger partial charge >= 0.3 is 5.97 Å². The first kappa shape index (κ1) is 14.1. The molecule has 0 unspecified atom stereocenters. The van der Waals surface area contributed by atoms with Crippen LogP contribution in [0.25, 0.3) is 0 Å². The van der Waals surface area contributed by atoms with E-state index in [1.54, 1.807) is 6.07 Å². The van der Waals surface area contributed by atoms with Gasteiger partial charge in [0.15, 0.2) is 0 Å². The minimum Gasteiger partial charge on any atom is -0.494 e. The van der Waals surface area contributed by atoms with Gasteiger partial charge in [-0.2, -0.15) is 0 Å². The summed E-state index contributed by atoms with van der Waals surface area (Å²) >= 11 is 0. The van der Waals surface area contributed by atoms with Crippen molar-refractivity contribution in [2.45, 2.75) is 20.0 Å². The van der Waals surface area contributed by atoms with Crippen molar-refractivity contribution in [3.05, 3.63) is 53.5 Å². The smallest absolute Gasteiger partial charge is 0.372 e. The Bertz CT molecular complexity index is 577. The molecular formula is C15H17NO4. The molecule has 2 aromatic rings. The molecule has 2 N–H and O–H groups in total. The van der Waals surface area contributed by atoms with Crippen LogP contribution in [0.4, 0.5) is 0 Å². The lowest BCUT2D eigenvalue weighted by atomic mass is 10.2. The first-order valence-corrected chi connectivity index (χ1v) is 6.43. The Kier molecular flexibility index (Phi) is 4.79. The van der Waals surface area contributed by atoms with E-state index in [1.807, 2.05) is 31.2 Å². The maximum atomic E-state index is 10.9. The number of carboxylic acids is 1. The molecule has 0 amide bonds. The summed E-state index contributed by atoms with van der Waals surface area (Å²) < 4.78 is 10.3. The summed E-state index contributed by atoms with van der Waals surface area (Å²) in [5.74, 6) is -0.230. The van der Waals surface area contributed by atoms with Gasteiger partial charge in [0.1, 0.15) is 5.75 Å². The average Bonchev–Trinajstić information content (AvgIpc) is 2.88. The molecule has 0 aliphatic rings. The molecule has 20 heavy (non-hydrogen) atoms. The standard InChI is InChI=1S/C15H17NO4/c1-2-19-13-5-3-4-11(8-13)9-16-10-12-6-7-20-14(12)15(17)18/h3-8,16H,2,9-10H2,1H3,(H,17,18). The molecule has 5 nitrogen and oxygen atoms in total. The zero-order valence-electron chi connectivity index (χ0n) is 11.3. The average molecular weight is 275 g/mol. The molecule has 0 saturated heterocycles. The second kappa shape index (κ2) is 6.77. The molecule has 0 saturated carbocycles. The largest absolute Gasteiger partial charge is 0.494 e. The van der Waals surface area contributed by atoms with Crippen LogP contribution in [0.1, 0.15) is 28.6 Å². The normalized spacial score (nSPS) is 10.4. The summed E-state index contributed by atoms with van der Waals surface area (Å²) in [6, 6.07) is 9.45. The van der Waals surface area contributed by atoms with Crippen LogP contribution in [-0.2, 0) is 13.1 Å². The van der Waals surface area contributed by atoms with Gasteiger partial charge in [0.25, 0.3) is 0 Å². The fourth-order valence-electron chi connectivity index (χ4n) is 1.92. The molecular weight excluding hydrogens is 258 g/mol. The number of nitrogens with one attached hydrogen (secondary N) is 1. The number of rotatable bonds is 7. The quantitative estimate of drug-likeness (QED) is 0.812. The molecule has 0 atom stereocenters. The third kappa shape index (κ3) is 3.61. The van der Waals surface area contributed by atoms with Crippen LogP contribution in [0.15, 0.2) is 41.0 Å². The molecule has 0 fully saturated rings. The van der Waals surface area contributed by atoms with Crippen LogP contribution in [0.5, 0.6) is 5.75 Å². The summed E-state index contributed by atoms with van der Waals surface area (Å²) in [7, 11) is 0. The first-order valence-electron chi connectivity index (χ1n) is 6.43. The second-order valence-corrected chi connectivity index (χ2v) is 4.26. The number of benzene rings is 1. The van der Waals surface area contributed by atoms with E-state index in [0.29, 0.717) is 25.3 Å². The first-order chi connectivity index (χ1) is 9.70. The van der Waals surface area contributed by atoms with Crippen LogP contribution in [-0.4, -0.2) is 17.7 Å². The van der Waals surface area contributed by atoms with Crippen molar-refractivity contribution in [1.82, 2.24) is 5.32 Å². The monoisotopic (exact) mass is 275 g/mol. The molecule has 0 aliphatic heterocycles. The third-order valence-corrected chi connectivity index (χ3v) is 2.80. The highest BCUT2D eigenvalue weighted by atomic mass is 16.5. The number of carboxylic acid groups (broad SMARTS) is 1. The Hall–Kier alpha value is -2.27. The van der Waals surface area contributed by atoms with Crippen molar-refractivity contribution in [2.24, 2.45) is 0 Å². The maximum absolute atomic E-state index is 10.9. The predicted octanol–water partition coefficient (Wildman–Crippen LogP) is 2.67. The molecule has 5 heteroatoms. The topological polar surface area (TPSA) is 71.7 Å². The summed E-state index contributed by atoms with van der Waals surface area (Å²) in [5, 5.41) is 12.1. The van der Waals surface area contributed by atoms with E-state index in [4.69, 9.17) is 14.3 Å². The van der Waals surface area contributed by atoms with Gasteiger partial charge in [-0.05, 0) is 30.7 Å². The van der Waals surface area contributed by atoms with E-state index in [-0.39, 0.29) is 5.76 Å². The lowest BCUT2D eigenvalue weighted by Gasteiger charge is -2.07. The molecule has 106 valence electrons. The number of carbonyl (C=O) groups is 1. The Labute approximate surface area is 117 Å². The molecule has 1 aromatic heterocycles. The Morgan fingerprint density at radius 3 is 2.95 bits per heavy atom. The maximum Gasteiger partial charge on any atom is 0.372 e. The summed E-state index contributed by atoms with van der Waals surface area (Å²) in [6.45, 7) is 3.65. The zero-order valence-corrected chi connectivity index (χ0v) is 11.3. The highest BCUT2D eigenvalue weighted by Gasteiger charge is 2.12. The van der Waals surface area contributed by atoms with Gasteiger partial charge in [0, 0.05) is 18.7 Å². The van der Waals surface area contributed by atoms with Gasteiger partial charge in [-0.1, -0.05) is 12.1 Å². The number of ether oxygens (including phenoxy) is 1. The molecule has 2 rings (SSSR count). The van der Waals surface area contributed by atoms with Crippen LogP contribution in [0.3, 0.4) is 0 Å². The van der Waals surface area contributed by atoms with E-state index >= 15 is 0 Å². The fraction of sp³-hybridized carbons (Fsp3) is 0.267. The number of furan rings is 1. The minimum absolute atomic E-state index is 0.0134. The van der Waals surface area contributed by atoms with Crippen molar-refractivity contribution in [3.8, 4) is 5.75 Å². The molecule has 1 aromatic carbocycles. The molecule has 0 radical (unpaired) electrons. The Balaban J connectivity index is 1.91. The van der Waals surface area contributed by atoms with Crippen molar-refractivity contribution in [2.75, 3.05) is 6.61 Å². The van der Waals surface area contributed by atoms with E-state index in [1.165, 1.54) is 6.26 Å². The molecule has 0 bridgehead atoms. The number of hydrogen-bond donors (Lipinski definition) is 2. The van der Waals surface area contributed by atoms with Crippen LogP contribution in [0, 0.1) is 0 Å². The highest BCUT2D eigenvalue weighted by molar-refractivity contribution is 5.86. The van der Waals surface area contributed by atoms with E-state index in [0.717, 1.165) is 11.3 Å². The fourth-order valence-corrected chi connectivity index (χ4v) is 1.92. The zero-order chi connectivity index (χ0) is 14.4. The summed E-state index contributed by atoms with van der Waals surface area (Å²) in [5.41, 5.74) is 1.72. The molecule has 0 spiro atoms. The number of aromatic carboxylic acids is 1. The van der Waals surface area contributed by atoms with Gasteiger partial charge < -0.3 is 19.6 Å². The van der Waals surface area contributed by atoms with E-state index in [2.05, 4.69) is 5.32 Å². The minimum atomic E-state index is -1.05. The van der Waals surface area contributed by atoms with Gasteiger partial charge in [-0.3, -0.25) is 0 Å². The van der Waals surface area contributed by atoms with E-state index < -0.39 is 5.97 Å². The molecule has 0 aliphatic carbocycles. The van der Waals surface area contributed by atoms with Gasteiger partial charge in [-0.25, -0.2) is 4.79 Å². The van der Waals surface area contributed by atoms with Gasteiger partial charge in [0.2, 0.25) is 5.76 Å². The second-order valence-electron chi connectivity index (χ2n) is 4.26. The third-order valence-electron chi connectivity index (χ3n) is 2.80. The van der Waals surface area contributed by atoms with Crippen LogP contribution >= 0.6 is 0 Å². The Morgan fingerprint density at radius 2 is 2.20 bits per heavy atom. The SMILES string of the molecule is CCOc1cccc(CNCc2ccoc2C(=O)O)c1. The lowest BCUT2D eigenvalue weighted by Crippen LogP contribution is -2.14. The predicted molar refractivity (Wildman–Crippen MR) is 73.8 cm³/mol. The van der Waals surface area contributed by atoms with Crippen molar-refractivity contribution in [3.63, 3.8) is 0 Å². The van der Waals surface area contributed by atoms with Crippen molar-refractivity contribution < 1.29 is 19.1 Å². The lowest BCUT2D eigenvalue weighted by molar-refractivity contribution is 0.0660. The van der Waals surface area contributed by atoms with E-state index in [9.17, 15) is 4.79 Å². The van der Waals surface area contributed by atoms with Crippen molar-refractivity contribution >= 4 is 5.97 Å². The van der Waals surface area contributed by atoms with Crippen LogP contribution in [0.2, 0.25) is 0 Å². The van der Waals surface area contributed by atoms with Gasteiger partial charge in [0.05, 0.1) is 12.9 Å². The summed E-state index contributed by atoms with van der Waals surface area (Å²) in [4.78, 5) is 10.9. The van der Waals surface area contributed by atoms with Crippen molar-refractivity contribution in [1.29, 1.82) is 0 Å². The van der Waals surface area contributed by atoms with Crippen LogP contribution < -0.4 is 10.1 Å². The molecule has 1 heterocycles.